The maximum atomic E-state index is 12.4. The molecule has 0 aliphatic heterocycles. The first kappa shape index (κ1) is 15.3. The van der Waals surface area contributed by atoms with Crippen molar-refractivity contribution < 1.29 is 14.7 Å². The molecular weight excluding hydrogens is 334 g/mol. The Morgan fingerprint density at radius 2 is 1.76 bits per heavy atom. The van der Waals surface area contributed by atoms with Crippen LogP contribution in [0, 0.1) is 0 Å². The molecule has 0 aromatic heterocycles. The summed E-state index contributed by atoms with van der Waals surface area (Å²) >= 11 is 3.38. The molecule has 2 rings (SSSR count). The van der Waals surface area contributed by atoms with Crippen molar-refractivity contribution in [3.05, 3.63) is 69.7 Å². The quantitative estimate of drug-likeness (QED) is 0.921. The lowest BCUT2D eigenvalue weighted by atomic mass is 10.1. The zero-order valence-electron chi connectivity index (χ0n) is 11.4. The van der Waals surface area contributed by atoms with Gasteiger partial charge in [-0.3, -0.25) is 4.79 Å². The number of carboxylic acids is 1. The molecule has 21 heavy (non-hydrogen) atoms. The van der Waals surface area contributed by atoms with E-state index in [2.05, 4.69) is 15.9 Å². The lowest BCUT2D eigenvalue weighted by Gasteiger charge is -2.18. The van der Waals surface area contributed by atoms with Gasteiger partial charge in [0.15, 0.2) is 0 Å². The van der Waals surface area contributed by atoms with E-state index in [0.717, 1.165) is 10.0 Å². The molecule has 0 bridgehead atoms. The highest BCUT2D eigenvalue weighted by Crippen LogP contribution is 2.16. The zero-order chi connectivity index (χ0) is 15.4. The summed E-state index contributed by atoms with van der Waals surface area (Å²) in [4.78, 5) is 25.1. The lowest BCUT2D eigenvalue weighted by Crippen LogP contribution is -2.27. The number of carbonyl (C=O) groups excluding carboxylic acids is 1. The second-order valence-electron chi connectivity index (χ2n) is 4.64. The van der Waals surface area contributed by atoms with Crippen molar-refractivity contribution in [2.45, 2.75) is 6.54 Å². The molecule has 4 nitrogen and oxygen atoms in total. The van der Waals surface area contributed by atoms with Crippen LogP contribution in [0.2, 0.25) is 0 Å². The van der Waals surface area contributed by atoms with Crippen LogP contribution in [0.1, 0.15) is 26.3 Å². The molecule has 0 heterocycles. The van der Waals surface area contributed by atoms with Crippen LogP contribution < -0.4 is 0 Å². The van der Waals surface area contributed by atoms with Gasteiger partial charge in [-0.05, 0) is 29.8 Å². The minimum atomic E-state index is -1.10. The molecule has 0 unspecified atom stereocenters. The summed E-state index contributed by atoms with van der Waals surface area (Å²) < 4.78 is 0.937. The Bertz CT molecular complexity index is 685. The fraction of sp³-hybridized carbons (Fsp3) is 0.125. The van der Waals surface area contributed by atoms with Crippen molar-refractivity contribution >= 4 is 27.8 Å². The number of aromatic carboxylic acids is 1. The van der Waals surface area contributed by atoms with Gasteiger partial charge in [0.2, 0.25) is 0 Å². The molecule has 5 heteroatoms. The third-order valence-electron chi connectivity index (χ3n) is 3.04. The molecule has 108 valence electrons. The number of carboxylic acid groups (broad SMARTS) is 1. The van der Waals surface area contributed by atoms with Crippen LogP contribution in [0.15, 0.2) is 53.0 Å². The number of amides is 1. The minimum Gasteiger partial charge on any atom is -0.478 e. The van der Waals surface area contributed by atoms with Crippen LogP contribution in [0.4, 0.5) is 0 Å². The monoisotopic (exact) mass is 347 g/mol. The predicted molar refractivity (Wildman–Crippen MR) is 83.3 cm³/mol. The Hall–Kier alpha value is -2.14. The number of hydrogen-bond donors (Lipinski definition) is 1. The molecule has 1 amide bonds. The SMILES string of the molecule is CN(Cc1cccc(Br)c1)C(=O)c1ccccc1C(=O)O. The van der Waals surface area contributed by atoms with Gasteiger partial charge in [0.25, 0.3) is 5.91 Å². The topological polar surface area (TPSA) is 57.6 Å². The molecule has 2 aromatic carbocycles. The lowest BCUT2D eigenvalue weighted by molar-refractivity contribution is 0.0680. The molecule has 0 aliphatic rings. The van der Waals surface area contributed by atoms with E-state index in [1.807, 2.05) is 24.3 Å². The summed E-state index contributed by atoms with van der Waals surface area (Å²) in [6, 6.07) is 13.9. The average molecular weight is 348 g/mol. The van der Waals surface area contributed by atoms with Crippen LogP contribution in [0.5, 0.6) is 0 Å². The largest absolute Gasteiger partial charge is 0.478 e. The summed E-state index contributed by atoms with van der Waals surface area (Å²) in [5, 5.41) is 9.15. The number of nitrogens with zero attached hydrogens (tertiary/aromatic N) is 1. The summed E-state index contributed by atoms with van der Waals surface area (Å²) in [5.41, 5.74) is 1.18. The summed E-state index contributed by atoms with van der Waals surface area (Å²) in [6.07, 6.45) is 0. The van der Waals surface area contributed by atoms with E-state index in [-0.39, 0.29) is 17.0 Å². The van der Waals surface area contributed by atoms with E-state index in [9.17, 15) is 9.59 Å². The number of carbonyl (C=O) groups is 2. The summed E-state index contributed by atoms with van der Waals surface area (Å²) in [7, 11) is 1.65. The molecule has 0 fully saturated rings. The Morgan fingerprint density at radius 3 is 2.38 bits per heavy atom. The standard InChI is InChI=1S/C16H14BrNO3/c1-18(10-11-5-4-6-12(17)9-11)15(19)13-7-2-3-8-14(13)16(20)21/h2-9H,10H2,1H3,(H,20,21). The first-order valence-corrected chi connectivity index (χ1v) is 7.10. The van der Waals surface area contributed by atoms with Gasteiger partial charge in [-0.25, -0.2) is 4.79 Å². The molecule has 0 aliphatic carbocycles. The Balaban J connectivity index is 2.22. The minimum absolute atomic E-state index is 0.0172. The molecule has 0 atom stereocenters. The van der Waals surface area contributed by atoms with Crippen LogP contribution in [-0.2, 0) is 6.54 Å². The molecule has 0 spiro atoms. The van der Waals surface area contributed by atoms with E-state index < -0.39 is 5.97 Å². The van der Waals surface area contributed by atoms with E-state index in [0.29, 0.717) is 6.54 Å². The van der Waals surface area contributed by atoms with Crippen molar-refractivity contribution in [2.75, 3.05) is 7.05 Å². The Kier molecular flexibility index (Phi) is 4.75. The zero-order valence-corrected chi connectivity index (χ0v) is 13.0. The normalized spacial score (nSPS) is 10.2. The van der Waals surface area contributed by atoms with Crippen LogP contribution in [0.3, 0.4) is 0 Å². The Labute approximate surface area is 131 Å². The third-order valence-corrected chi connectivity index (χ3v) is 3.54. The fourth-order valence-electron chi connectivity index (χ4n) is 2.04. The average Bonchev–Trinajstić information content (AvgIpc) is 2.46. The van der Waals surface area contributed by atoms with Crippen molar-refractivity contribution in [1.29, 1.82) is 0 Å². The van der Waals surface area contributed by atoms with Gasteiger partial charge in [0.05, 0.1) is 11.1 Å². The summed E-state index contributed by atoms with van der Waals surface area (Å²) in [5.74, 6) is -1.41. The highest BCUT2D eigenvalue weighted by atomic mass is 79.9. The molecule has 1 N–H and O–H groups in total. The highest BCUT2D eigenvalue weighted by Gasteiger charge is 2.19. The second-order valence-corrected chi connectivity index (χ2v) is 5.56. The smallest absolute Gasteiger partial charge is 0.336 e. The van der Waals surface area contributed by atoms with E-state index in [4.69, 9.17) is 5.11 Å². The molecule has 0 saturated carbocycles. The van der Waals surface area contributed by atoms with Crippen LogP contribution in [0.25, 0.3) is 0 Å². The van der Waals surface area contributed by atoms with Gasteiger partial charge in [0, 0.05) is 18.1 Å². The van der Waals surface area contributed by atoms with Gasteiger partial charge in [-0.2, -0.15) is 0 Å². The van der Waals surface area contributed by atoms with Gasteiger partial charge < -0.3 is 10.0 Å². The van der Waals surface area contributed by atoms with E-state index in [1.54, 1.807) is 19.2 Å². The summed E-state index contributed by atoms with van der Waals surface area (Å²) in [6.45, 7) is 0.409. The van der Waals surface area contributed by atoms with Gasteiger partial charge >= 0.3 is 5.97 Å². The van der Waals surface area contributed by atoms with Gasteiger partial charge in [0.1, 0.15) is 0 Å². The maximum Gasteiger partial charge on any atom is 0.336 e. The van der Waals surface area contributed by atoms with Crippen LogP contribution in [-0.4, -0.2) is 28.9 Å². The number of benzene rings is 2. The second kappa shape index (κ2) is 6.54. The molecule has 2 aromatic rings. The maximum absolute atomic E-state index is 12.4. The van der Waals surface area contributed by atoms with Gasteiger partial charge in [-0.15, -0.1) is 0 Å². The first-order valence-electron chi connectivity index (χ1n) is 6.31. The van der Waals surface area contributed by atoms with Gasteiger partial charge in [-0.1, -0.05) is 40.2 Å². The van der Waals surface area contributed by atoms with Crippen LogP contribution >= 0.6 is 15.9 Å². The Morgan fingerprint density at radius 1 is 1.10 bits per heavy atom. The first-order chi connectivity index (χ1) is 9.99. The van der Waals surface area contributed by atoms with Crippen molar-refractivity contribution in [3.8, 4) is 0 Å². The number of hydrogen-bond acceptors (Lipinski definition) is 2. The number of halogens is 1. The van der Waals surface area contributed by atoms with Crippen molar-refractivity contribution in [1.82, 2.24) is 4.90 Å². The predicted octanol–water partition coefficient (Wildman–Crippen LogP) is 3.42. The third kappa shape index (κ3) is 3.70. The van der Waals surface area contributed by atoms with Crippen molar-refractivity contribution in [3.63, 3.8) is 0 Å². The molecular formula is C16H14BrNO3. The highest BCUT2D eigenvalue weighted by molar-refractivity contribution is 9.10. The molecule has 0 saturated heterocycles. The fourth-order valence-corrected chi connectivity index (χ4v) is 2.49. The molecule has 0 radical (unpaired) electrons. The van der Waals surface area contributed by atoms with E-state index >= 15 is 0 Å². The van der Waals surface area contributed by atoms with Crippen molar-refractivity contribution in [2.24, 2.45) is 0 Å². The number of rotatable bonds is 4. The van der Waals surface area contributed by atoms with E-state index in [1.165, 1.54) is 17.0 Å².